The number of hydrogen-bond acceptors (Lipinski definition) is 10. The fourth-order valence-corrected chi connectivity index (χ4v) is 7.40. The van der Waals surface area contributed by atoms with Crippen molar-refractivity contribution >= 4 is 40.6 Å². The van der Waals surface area contributed by atoms with Gasteiger partial charge >= 0.3 is 12.1 Å². The van der Waals surface area contributed by atoms with Crippen LogP contribution in [-0.2, 0) is 34.6 Å². The van der Waals surface area contributed by atoms with Crippen molar-refractivity contribution < 1.29 is 24.2 Å². The summed E-state index contributed by atoms with van der Waals surface area (Å²) in [6.07, 6.45) is 2.51. The van der Waals surface area contributed by atoms with Crippen LogP contribution in [0, 0.1) is 0 Å². The number of nitrogens with zero attached hydrogens (tertiary/aromatic N) is 3. The number of rotatable bonds is 17. The van der Waals surface area contributed by atoms with Crippen LogP contribution in [0.4, 0.5) is 9.59 Å². The number of carbonyl (C=O) groups excluding carboxylic acids is 3. The van der Waals surface area contributed by atoms with Gasteiger partial charge in [0, 0.05) is 23.5 Å². The number of aliphatic hydroxyl groups is 1. The molecule has 5 N–H and O–H groups in total. The minimum Gasteiger partial charge on any atom is -0.444 e. The van der Waals surface area contributed by atoms with Crippen LogP contribution in [0.2, 0.25) is 0 Å². The van der Waals surface area contributed by atoms with Gasteiger partial charge in [0.1, 0.15) is 12.1 Å². The highest BCUT2D eigenvalue weighted by Crippen LogP contribution is 2.34. The normalized spacial score (nSPS) is 15.8. The number of ketones is 1. The third kappa shape index (κ3) is 9.33. The Morgan fingerprint density at radius 2 is 1.76 bits per heavy atom. The molecule has 2 aromatic heterocycles. The molecule has 2 aromatic carbocycles. The first-order chi connectivity index (χ1) is 24.1. The Kier molecular flexibility index (Phi) is 12.7. The summed E-state index contributed by atoms with van der Waals surface area (Å²) in [5.74, 6) is -0.239. The Morgan fingerprint density at radius 1 is 1.06 bits per heavy atom. The number of nitrogens with one attached hydrogen (secondary N) is 2. The summed E-state index contributed by atoms with van der Waals surface area (Å²) in [4.78, 5) is 52.9. The molecule has 0 saturated heterocycles. The fourth-order valence-electron chi connectivity index (χ4n) is 6.06. The minimum atomic E-state index is -1.94. The summed E-state index contributed by atoms with van der Waals surface area (Å²) in [5, 5.41) is 20.5. The van der Waals surface area contributed by atoms with Gasteiger partial charge in [0.15, 0.2) is 5.78 Å². The number of nitrogens with two attached hydrogens (primary N) is 1. The van der Waals surface area contributed by atoms with E-state index in [9.17, 15) is 19.5 Å². The summed E-state index contributed by atoms with van der Waals surface area (Å²) in [6.45, 7) is 5.98. The number of urea groups is 1. The summed E-state index contributed by atoms with van der Waals surface area (Å²) in [7, 11) is 0. The average Bonchev–Trinajstić information content (AvgIpc) is 3.58. The summed E-state index contributed by atoms with van der Waals surface area (Å²) in [6, 6.07) is 15.7. The Labute approximate surface area is 301 Å². The number of ether oxygens (including phenoxy) is 1. The van der Waals surface area contributed by atoms with Crippen LogP contribution in [0.5, 0.6) is 0 Å². The maximum Gasteiger partial charge on any atom is 0.407 e. The highest BCUT2D eigenvalue weighted by Gasteiger charge is 2.52. The molecule has 1 aliphatic carbocycles. The zero-order valence-electron chi connectivity index (χ0n) is 28.7. The molecule has 3 unspecified atom stereocenters. The lowest BCUT2D eigenvalue weighted by Gasteiger charge is -2.42. The van der Waals surface area contributed by atoms with Gasteiger partial charge in [0.25, 0.3) is 0 Å². The molecule has 0 spiro atoms. The number of aliphatic hydroxyl groups excluding tert-OH is 1. The molecule has 0 bridgehead atoms. The fraction of sp³-hybridized carbons (Fsp3) is 0.432. The predicted octanol–water partition coefficient (Wildman–Crippen LogP) is 5.89. The van der Waals surface area contributed by atoms with Gasteiger partial charge in [-0.05, 0) is 50.2 Å². The van der Waals surface area contributed by atoms with Gasteiger partial charge in [-0.3, -0.25) is 9.78 Å². The average molecular weight is 719 g/mol. The number of aryl methyl sites for hydroxylation is 1. The molecule has 0 aliphatic heterocycles. The van der Waals surface area contributed by atoms with Crippen molar-refractivity contribution in [3.8, 4) is 0 Å². The van der Waals surface area contributed by atoms with E-state index in [1.54, 1.807) is 65.2 Å². The van der Waals surface area contributed by atoms with Crippen LogP contribution in [0.3, 0.4) is 0 Å². The highest BCUT2D eigenvalue weighted by molar-refractivity contribution is 7.09. The van der Waals surface area contributed by atoms with Crippen molar-refractivity contribution in [1.29, 1.82) is 0 Å². The SMILES string of the molecule is CC(C)c1nc(CNC(=O)N(C2CC2)[C@@H](C)C(=O)C(N)(c2ccccc2)C(NC(=O)OCc2cncs2)C(O)CCCc2ccccc2)cs1. The van der Waals surface area contributed by atoms with Crippen LogP contribution < -0.4 is 16.4 Å². The van der Waals surface area contributed by atoms with Crippen molar-refractivity contribution in [1.82, 2.24) is 25.5 Å². The molecular weight excluding hydrogens is 673 g/mol. The van der Waals surface area contributed by atoms with Gasteiger partial charge in [-0.1, -0.05) is 74.5 Å². The first-order valence-electron chi connectivity index (χ1n) is 17.0. The molecule has 13 heteroatoms. The van der Waals surface area contributed by atoms with E-state index in [0.717, 1.165) is 34.0 Å². The van der Waals surface area contributed by atoms with Gasteiger partial charge < -0.3 is 31.1 Å². The van der Waals surface area contributed by atoms with Crippen molar-refractivity contribution in [3.63, 3.8) is 0 Å². The third-order valence-corrected chi connectivity index (χ3v) is 10.8. The lowest BCUT2D eigenvalue weighted by atomic mass is 9.74. The quantitative estimate of drug-likeness (QED) is 0.105. The number of alkyl carbamates (subject to hydrolysis) is 1. The van der Waals surface area contributed by atoms with E-state index >= 15 is 0 Å². The summed E-state index contributed by atoms with van der Waals surface area (Å²) < 4.78 is 5.50. The molecule has 4 atom stereocenters. The molecular formula is C37H46N6O5S2. The van der Waals surface area contributed by atoms with E-state index in [4.69, 9.17) is 10.5 Å². The van der Waals surface area contributed by atoms with E-state index in [0.29, 0.717) is 18.4 Å². The van der Waals surface area contributed by atoms with E-state index in [1.807, 2.05) is 35.7 Å². The maximum absolute atomic E-state index is 14.9. The second-order valence-electron chi connectivity index (χ2n) is 13.0. The van der Waals surface area contributed by atoms with Crippen molar-refractivity contribution in [2.75, 3.05) is 0 Å². The van der Waals surface area contributed by atoms with Crippen molar-refractivity contribution in [3.05, 3.63) is 104 Å². The molecule has 1 aliphatic rings. The molecule has 11 nitrogen and oxygen atoms in total. The largest absolute Gasteiger partial charge is 0.444 e. The Bertz CT molecular complexity index is 1680. The highest BCUT2D eigenvalue weighted by atomic mass is 32.1. The van der Waals surface area contributed by atoms with Crippen LogP contribution in [0.25, 0.3) is 0 Å². The first kappa shape index (κ1) is 37.1. The Hall–Kier alpha value is -4.17. The van der Waals surface area contributed by atoms with Crippen LogP contribution in [0.1, 0.15) is 79.1 Å². The zero-order chi connectivity index (χ0) is 35.7. The molecule has 5 rings (SSSR count). The number of hydrogen-bond donors (Lipinski definition) is 4. The van der Waals surface area contributed by atoms with E-state index in [-0.39, 0.29) is 31.5 Å². The molecule has 50 heavy (non-hydrogen) atoms. The standard InChI is InChI=1S/C37H46N6O5S2/c1-24(2)34-41-28(22-49-34)19-40-35(46)43(29-17-18-29)25(3)33(45)37(38,27-14-8-5-9-15-27)32(42-36(47)48-21-30-20-39-23-50-30)31(44)16-10-13-26-11-6-4-7-12-26/h4-9,11-12,14-15,20,22-25,29,31-32,44H,10,13,16-19,21,38H2,1-3H3,(H,40,46)(H,42,47)/t25-,31?,32?,37?/m0/s1. The number of thiazole rings is 2. The third-order valence-electron chi connectivity index (χ3n) is 8.90. The predicted molar refractivity (Wildman–Crippen MR) is 195 cm³/mol. The molecule has 0 radical (unpaired) electrons. The van der Waals surface area contributed by atoms with Crippen LogP contribution in [-0.4, -0.2) is 62.1 Å². The molecule has 1 fully saturated rings. The van der Waals surface area contributed by atoms with Crippen LogP contribution in [0.15, 0.2) is 77.8 Å². The minimum absolute atomic E-state index is 0.0339. The number of Topliss-reactive ketones (excluding diaryl/α,β-unsaturated/α-hetero) is 1. The van der Waals surface area contributed by atoms with Crippen molar-refractivity contribution in [2.45, 2.75) is 102 Å². The number of benzene rings is 2. The summed E-state index contributed by atoms with van der Waals surface area (Å²) >= 11 is 2.89. The first-order valence-corrected chi connectivity index (χ1v) is 18.8. The molecule has 2 heterocycles. The van der Waals surface area contributed by atoms with Gasteiger partial charge in [0.2, 0.25) is 0 Å². The van der Waals surface area contributed by atoms with Gasteiger partial charge in [-0.25, -0.2) is 14.6 Å². The van der Waals surface area contributed by atoms with E-state index in [2.05, 4.69) is 34.4 Å². The van der Waals surface area contributed by atoms with E-state index in [1.165, 1.54) is 11.3 Å². The zero-order valence-corrected chi connectivity index (χ0v) is 30.3. The van der Waals surface area contributed by atoms with Crippen LogP contribution >= 0.6 is 22.7 Å². The Balaban J connectivity index is 1.41. The topological polar surface area (TPSA) is 160 Å². The molecule has 4 aromatic rings. The Morgan fingerprint density at radius 3 is 2.38 bits per heavy atom. The lowest BCUT2D eigenvalue weighted by Crippen LogP contribution is -2.68. The second-order valence-corrected chi connectivity index (χ2v) is 14.9. The molecule has 266 valence electrons. The van der Waals surface area contributed by atoms with Gasteiger partial charge in [-0.2, -0.15) is 0 Å². The second kappa shape index (κ2) is 17.2. The number of amides is 3. The molecule has 1 saturated carbocycles. The van der Waals surface area contributed by atoms with Gasteiger partial charge in [0.05, 0.1) is 45.8 Å². The monoisotopic (exact) mass is 718 g/mol. The number of carbonyl (C=O) groups is 3. The number of aromatic nitrogens is 2. The molecule has 3 amide bonds. The smallest absolute Gasteiger partial charge is 0.407 e. The van der Waals surface area contributed by atoms with Gasteiger partial charge in [-0.15, -0.1) is 22.7 Å². The van der Waals surface area contributed by atoms with Crippen molar-refractivity contribution in [2.24, 2.45) is 5.73 Å². The summed E-state index contributed by atoms with van der Waals surface area (Å²) in [5.41, 5.74) is 9.17. The van der Waals surface area contributed by atoms with E-state index < -0.39 is 41.6 Å². The maximum atomic E-state index is 14.9. The lowest BCUT2D eigenvalue weighted by molar-refractivity contribution is -0.131.